The number of hydrogen-bond donors (Lipinski definition) is 1. The molecule has 0 amide bonds. The van der Waals surface area contributed by atoms with Gasteiger partial charge >= 0.3 is 0 Å². The van der Waals surface area contributed by atoms with E-state index < -0.39 is 0 Å². The Kier molecular flexibility index (Phi) is 4.19. The Morgan fingerprint density at radius 2 is 1.95 bits per heavy atom. The van der Waals surface area contributed by atoms with Gasteiger partial charge in [-0.15, -0.1) is 10.2 Å². The molecule has 3 rings (SSSR count). The Balaban J connectivity index is 1.78. The highest BCUT2D eigenvalue weighted by atomic mass is 127. The third-order valence-electron chi connectivity index (χ3n) is 3.22. The first-order valence-electron chi connectivity index (χ1n) is 6.61. The summed E-state index contributed by atoms with van der Waals surface area (Å²) in [5.41, 5.74) is 3.18. The number of rotatable bonds is 4. The van der Waals surface area contributed by atoms with Gasteiger partial charge in [0.05, 0.1) is 0 Å². The summed E-state index contributed by atoms with van der Waals surface area (Å²) in [5.74, 6) is 0.528. The highest BCUT2D eigenvalue weighted by Gasteiger charge is 2.08. The fourth-order valence-electron chi connectivity index (χ4n) is 2.13. The van der Waals surface area contributed by atoms with E-state index in [1.165, 1.54) is 15.5 Å². The number of aromatic nitrogens is 2. The van der Waals surface area contributed by atoms with Gasteiger partial charge in [-0.3, -0.25) is 0 Å². The molecule has 21 heavy (non-hydrogen) atoms. The van der Waals surface area contributed by atoms with E-state index in [1.54, 1.807) is 0 Å². The first-order chi connectivity index (χ1) is 10.2. The average molecular weight is 391 g/mol. The van der Waals surface area contributed by atoms with E-state index in [4.69, 9.17) is 4.42 Å². The topological polar surface area (TPSA) is 51.0 Å². The SMILES string of the molecule is CC(Nc1cccc(-c2nnco2)c1)c1ccc(I)cc1. The fourth-order valence-corrected chi connectivity index (χ4v) is 2.49. The largest absolute Gasteiger partial charge is 0.423 e. The molecule has 0 radical (unpaired) electrons. The molecule has 0 saturated heterocycles. The predicted octanol–water partition coefficient (Wildman–Crippen LogP) is 4.51. The highest BCUT2D eigenvalue weighted by Crippen LogP contribution is 2.24. The maximum atomic E-state index is 5.23. The molecular weight excluding hydrogens is 377 g/mol. The lowest BCUT2D eigenvalue weighted by Crippen LogP contribution is -2.06. The van der Waals surface area contributed by atoms with Gasteiger partial charge in [0, 0.05) is 20.9 Å². The van der Waals surface area contributed by atoms with Gasteiger partial charge in [0.1, 0.15) is 0 Å². The van der Waals surface area contributed by atoms with Crippen molar-refractivity contribution in [1.82, 2.24) is 10.2 Å². The molecule has 0 aliphatic rings. The van der Waals surface area contributed by atoms with Crippen LogP contribution in [0.1, 0.15) is 18.5 Å². The third kappa shape index (κ3) is 3.41. The van der Waals surface area contributed by atoms with Gasteiger partial charge in [-0.25, -0.2) is 0 Å². The van der Waals surface area contributed by atoms with Gasteiger partial charge in [0.2, 0.25) is 12.3 Å². The van der Waals surface area contributed by atoms with Crippen molar-refractivity contribution in [1.29, 1.82) is 0 Å². The Hall–Kier alpha value is -1.89. The van der Waals surface area contributed by atoms with Gasteiger partial charge in [0.25, 0.3) is 0 Å². The summed E-state index contributed by atoms with van der Waals surface area (Å²) in [6.07, 6.45) is 1.34. The molecule has 1 N–H and O–H groups in total. The van der Waals surface area contributed by atoms with Crippen LogP contribution in [-0.4, -0.2) is 10.2 Å². The van der Waals surface area contributed by atoms with Crippen LogP contribution in [0, 0.1) is 3.57 Å². The normalized spacial score (nSPS) is 12.1. The van der Waals surface area contributed by atoms with Crippen LogP contribution in [0.3, 0.4) is 0 Å². The maximum absolute atomic E-state index is 5.23. The van der Waals surface area contributed by atoms with Crippen LogP contribution < -0.4 is 5.32 Å². The van der Waals surface area contributed by atoms with Crippen molar-refractivity contribution in [2.75, 3.05) is 5.32 Å². The Bertz CT molecular complexity index is 711. The van der Waals surface area contributed by atoms with E-state index in [-0.39, 0.29) is 6.04 Å². The summed E-state index contributed by atoms with van der Waals surface area (Å²) in [4.78, 5) is 0. The molecule has 1 unspecified atom stereocenters. The smallest absolute Gasteiger partial charge is 0.247 e. The number of halogens is 1. The molecular formula is C16H14IN3O. The summed E-state index contributed by atoms with van der Waals surface area (Å²) in [6, 6.07) is 16.7. The third-order valence-corrected chi connectivity index (χ3v) is 3.94. The van der Waals surface area contributed by atoms with Crippen molar-refractivity contribution >= 4 is 28.3 Å². The molecule has 0 spiro atoms. The van der Waals surface area contributed by atoms with E-state index in [1.807, 2.05) is 24.3 Å². The standard InChI is InChI=1S/C16H14IN3O/c1-11(12-5-7-14(17)8-6-12)19-15-4-2-3-13(9-15)16-20-18-10-21-16/h2-11,19H,1H3. The van der Waals surface area contributed by atoms with Crippen LogP contribution in [0.25, 0.3) is 11.5 Å². The zero-order chi connectivity index (χ0) is 14.7. The number of nitrogens with zero attached hydrogens (tertiary/aromatic N) is 2. The molecule has 1 heterocycles. The van der Waals surface area contributed by atoms with Crippen molar-refractivity contribution in [3.8, 4) is 11.5 Å². The predicted molar refractivity (Wildman–Crippen MR) is 90.9 cm³/mol. The van der Waals surface area contributed by atoms with Gasteiger partial charge in [0.15, 0.2) is 0 Å². The van der Waals surface area contributed by atoms with Crippen molar-refractivity contribution in [2.24, 2.45) is 0 Å². The molecule has 106 valence electrons. The molecule has 0 aliphatic carbocycles. The monoisotopic (exact) mass is 391 g/mol. The molecule has 0 bridgehead atoms. The molecule has 0 fully saturated rings. The Morgan fingerprint density at radius 3 is 2.67 bits per heavy atom. The minimum atomic E-state index is 0.222. The first-order valence-corrected chi connectivity index (χ1v) is 7.69. The van der Waals surface area contributed by atoms with Crippen molar-refractivity contribution < 1.29 is 4.42 Å². The van der Waals surface area contributed by atoms with Gasteiger partial charge in [-0.2, -0.15) is 0 Å². The van der Waals surface area contributed by atoms with Crippen LogP contribution in [-0.2, 0) is 0 Å². The zero-order valence-corrected chi connectivity index (χ0v) is 13.6. The van der Waals surface area contributed by atoms with Gasteiger partial charge < -0.3 is 9.73 Å². The zero-order valence-electron chi connectivity index (χ0n) is 11.5. The Labute approximate surface area is 136 Å². The number of nitrogens with one attached hydrogen (secondary N) is 1. The van der Waals surface area contributed by atoms with Crippen molar-refractivity contribution in [3.05, 3.63) is 64.1 Å². The van der Waals surface area contributed by atoms with Crippen LogP contribution in [0.2, 0.25) is 0 Å². The van der Waals surface area contributed by atoms with E-state index in [2.05, 4.69) is 69.3 Å². The second-order valence-corrected chi connectivity index (χ2v) is 5.99. The molecule has 0 saturated carbocycles. The molecule has 4 nitrogen and oxygen atoms in total. The summed E-state index contributed by atoms with van der Waals surface area (Å²) in [5, 5.41) is 11.1. The Morgan fingerprint density at radius 1 is 1.14 bits per heavy atom. The van der Waals surface area contributed by atoms with Crippen molar-refractivity contribution in [2.45, 2.75) is 13.0 Å². The van der Waals surface area contributed by atoms with Crippen LogP contribution >= 0.6 is 22.6 Å². The summed E-state index contributed by atoms with van der Waals surface area (Å²) in [7, 11) is 0. The van der Waals surface area contributed by atoms with Gasteiger partial charge in [-0.05, 0) is 65.4 Å². The quantitative estimate of drug-likeness (QED) is 0.665. The van der Waals surface area contributed by atoms with Gasteiger partial charge in [-0.1, -0.05) is 18.2 Å². The van der Waals surface area contributed by atoms with Crippen LogP contribution in [0.15, 0.2) is 59.3 Å². The molecule has 2 aromatic carbocycles. The van der Waals surface area contributed by atoms with Crippen molar-refractivity contribution in [3.63, 3.8) is 0 Å². The lowest BCUT2D eigenvalue weighted by atomic mass is 10.1. The highest BCUT2D eigenvalue weighted by molar-refractivity contribution is 14.1. The van der Waals surface area contributed by atoms with E-state index in [0.717, 1.165) is 11.3 Å². The van der Waals surface area contributed by atoms with E-state index in [9.17, 15) is 0 Å². The second-order valence-electron chi connectivity index (χ2n) is 4.74. The number of benzene rings is 2. The lowest BCUT2D eigenvalue weighted by molar-refractivity contribution is 0.568. The summed E-state index contributed by atoms with van der Waals surface area (Å²) >= 11 is 2.31. The molecule has 5 heteroatoms. The van der Waals surface area contributed by atoms with E-state index in [0.29, 0.717) is 5.89 Å². The molecule has 0 aliphatic heterocycles. The maximum Gasteiger partial charge on any atom is 0.247 e. The number of hydrogen-bond acceptors (Lipinski definition) is 4. The van der Waals surface area contributed by atoms with Crippen LogP contribution in [0.5, 0.6) is 0 Å². The molecule has 1 atom stereocenters. The minimum absolute atomic E-state index is 0.222. The number of anilines is 1. The fraction of sp³-hybridized carbons (Fsp3) is 0.125. The average Bonchev–Trinajstić information content (AvgIpc) is 3.02. The first kappa shape index (κ1) is 14.1. The molecule has 1 aromatic heterocycles. The lowest BCUT2D eigenvalue weighted by Gasteiger charge is -2.16. The second kappa shape index (κ2) is 6.26. The molecule has 3 aromatic rings. The van der Waals surface area contributed by atoms with Crippen LogP contribution in [0.4, 0.5) is 5.69 Å². The van der Waals surface area contributed by atoms with E-state index >= 15 is 0 Å². The minimum Gasteiger partial charge on any atom is -0.423 e. The summed E-state index contributed by atoms with van der Waals surface area (Å²) < 4.78 is 6.46. The summed E-state index contributed by atoms with van der Waals surface area (Å²) in [6.45, 7) is 2.14.